The first-order chi connectivity index (χ1) is 21.1. The smallest absolute Gasteiger partial charge is 0.319 e. The highest BCUT2D eigenvalue weighted by Crippen LogP contribution is 2.23. The van der Waals surface area contributed by atoms with Gasteiger partial charge in [-0.05, 0) is 69.4 Å². The van der Waals surface area contributed by atoms with Gasteiger partial charge in [-0.15, -0.1) is 0 Å². The molecular weight excluding hydrogens is 566 g/mol. The number of aryl methyl sites for hydroxylation is 1. The molecule has 2 saturated heterocycles. The molecular formula is C31H37N7O6. The van der Waals surface area contributed by atoms with Crippen molar-refractivity contribution in [2.45, 2.75) is 45.1 Å². The molecule has 4 heterocycles. The average molecular weight is 604 g/mol. The highest BCUT2D eigenvalue weighted by molar-refractivity contribution is 6.10. The number of hydrogen-bond acceptors (Lipinski definition) is 7. The summed E-state index contributed by atoms with van der Waals surface area (Å²) in [6.07, 6.45) is 4.84. The van der Waals surface area contributed by atoms with Crippen molar-refractivity contribution in [2.75, 3.05) is 45.6 Å². The van der Waals surface area contributed by atoms with Crippen LogP contribution in [-0.2, 0) is 9.59 Å². The van der Waals surface area contributed by atoms with Crippen LogP contribution in [0.2, 0.25) is 0 Å². The van der Waals surface area contributed by atoms with Crippen molar-refractivity contribution in [3.05, 3.63) is 64.8 Å². The van der Waals surface area contributed by atoms with E-state index in [1.165, 1.54) is 31.1 Å². The standard InChI is InChI=1S/C31H37N7O6/c1-20-16-22-17-23(10-12-26(22)44-20)32-31(34-28(40)21-9-11-25(38(43)18-21)30(42)35(2)3)33-24-8-4-5-15-37(29(24)41)19-27(39)36-13-6-7-14-36/h9-12,16-18,24H,4-8,13-15,19H2,1-3H3,(H2,32,33,34,40). The third-order valence-electron chi connectivity index (χ3n) is 7.76. The Labute approximate surface area is 255 Å². The first-order valence-corrected chi connectivity index (χ1v) is 14.8. The summed E-state index contributed by atoms with van der Waals surface area (Å²) < 4.78 is 6.01. The maximum atomic E-state index is 13.6. The molecule has 4 amide bonds. The monoisotopic (exact) mass is 603 g/mol. The normalized spacial score (nSPS) is 17.5. The van der Waals surface area contributed by atoms with Crippen molar-refractivity contribution in [3.63, 3.8) is 0 Å². The van der Waals surface area contributed by atoms with E-state index in [-0.39, 0.29) is 35.6 Å². The molecule has 0 radical (unpaired) electrons. The molecule has 1 aromatic carbocycles. The molecule has 232 valence electrons. The summed E-state index contributed by atoms with van der Waals surface area (Å²) in [6, 6.07) is 9.08. The van der Waals surface area contributed by atoms with Gasteiger partial charge in [0.05, 0.1) is 6.54 Å². The van der Waals surface area contributed by atoms with E-state index in [2.05, 4.69) is 15.6 Å². The van der Waals surface area contributed by atoms with Crippen LogP contribution in [0.4, 0.5) is 5.69 Å². The SMILES string of the molecule is Cc1cc2cc(NC(=NC3CCCCN(CC(=O)N4CCCC4)C3=O)NC(=O)c3ccc(C(=O)N(C)C)[n+]([O-])c3)ccc2o1. The zero-order chi connectivity index (χ0) is 31.4. The van der Waals surface area contributed by atoms with Crippen molar-refractivity contribution in [2.24, 2.45) is 4.99 Å². The van der Waals surface area contributed by atoms with Crippen LogP contribution in [0.15, 0.2) is 52.0 Å². The van der Waals surface area contributed by atoms with Crippen molar-refractivity contribution in [1.82, 2.24) is 20.0 Å². The molecule has 2 fully saturated rings. The van der Waals surface area contributed by atoms with Gasteiger partial charge >= 0.3 is 5.91 Å². The number of nitrogens with one attached hydrogen (secondary N) is 2. The fraction of sp³-hybridized carbons (Fsp3) is 0.419. The average Bonchev–Trinajstić information content (AvgIpc) is 3.62. The van der Waals surface area contributed by atoms with Crippen LogP contribution in [0.3, 0.4) is 0 Å². The molecule has 2 aliphatic rings. The lowest BCUT2D eigenvalue weighted by Crippen LogP contribution is -2.46. The zero-order valence-corrected chi connectivity index (χ0v) is 25.2. The Hall–Kier alpha value is -4.94. The molecule has 13 heteroatoms. The van der Waals surface area contributed by atoms with E-state index in [1.807, 2.05) is 19.1 Å². The third kappa shape index (κ3) is 6.99. The molecule has 13 nitrogen and oxygen atoms in total. The van der Waals surface area contributed by atoms with Gasteiger partial charge in [0.15, 0.2) is 6.20 Å². The van der Waals surface area contributed by atoms with E-state index in [1.54, 1.807) is 21.9 Å². The van der Waals surface area contributed by atoms with E-state index < -0.39 is 17.9 Å². The number of aliphatic imine (C=N–C) groups is 1. The molecule has 1 atom stereocenters. The van der Waals surface area contributed by atoms with Gasteiger partial charge < -0.3 is 29.6 Å². The first-order valence-electron chi connectivity index (χ1n) is 14.8. The van der Waals surface area contributed by atoms with E-state index in [4.69, 9.17) is 4.42 Å². The van der Waals surface area contributed by atoms with Gasteiger partial charge in [0, 0.05) is 50.9 Å². The summed E-state index contributed by atoms with van der Waals surface area (Å²) in [6.45, 7) is 3.71. The lowest BCUT2D eigenvalue weighted by molar-refractivity contribution is -0.608. The van der Waals surface area contributed by atoms with Crippen LogP contribution in [0, 0.1) is 12.1 Å². The predicted octanol–water partition coefficient (Wildman–Crippen LogP) is 2.28. The first kappa shape index (κ1) is 30.5. The van der Waals surface area contributed by atoms with Crippen LogP contribution in [-0.4, -0.2) is 90.6 Å². The molecule has 2 aromatic heterocycles. The summed E-state index contributed by atoms with van der Waals surface area (Å²) in [5, 5.41) is 19.2. The quantitative estimate of drug-likeness (QED) is 0.190. The number of amides is 4. The Balaban J connectivity index is 1.41. The highest BCUT2D eigenvalue weighted by Gasteiger charge is 2.31. The molecule has 44 heavy (non-hydrogen) atoms. The van der Waals surface area contributed by atoms with Crippen LogP contribution in [0.25, 0.3) is 11.0 Å². The van der Waals surface area contributed by atoms with E-state index in [9.17, 15) is 24.4 Å². The molecule has 0 aliphatic carbocycles. The maximum absolute atomic E-state index is 13.6. The molecule has 3 aromatic rings. The fourth-order valence-corrected chi connectivity index (χ4v) is 5.42. The van der Waals surface area contributed by atoms with Crippen LogP contribution in [0.1, 0.15) is 58.7 Å². The second-order valence-corrected chi connectivity index (χ2v) is 11.4. The van der Waals surface area contributed by atoms with Gasteiger partial charge in [0.25, 0.3) is 11.6 Å². The van der Waals surface area contributed by atoms with Crippen LogP contribution in [0.5, 0.6) is 0 Å². The molecule has 5 rings (SSSR count). The molecule has 0 saturated carbocycles. The van der Waals surface area contributed by atoms with Crippen molar-refractivity contribution >= 4 is 46.2 Å². The summed E-state index contributed by atoms with van der Waals surface area (Å²) in [7, 11) is 3.05. The number of nitrogens with zero attached hydrogens (tertiary/aromatic N) is 5. The van der Waals surface area contributed by atoms with Crippen molar-refractivity contribution in [1.29, 1.82) is 0 Å². The Morgan fingerprint density at radius 1 is 1.07 bits per heavy atom. The number of carbonyl (C=O) groups excluding carboxylic acids is 4. The van der Waals surface area contributed by atoms with E-state index >= 15 is 0 Å². The molecule has 0 spiro atoms. The van der Waals surface area contributed by atoms with Gasteiger partial charge in [-0.2, -0.15) is 4.73 Å². The Bertz CT molecular complexity index is 1610. The van der Waals surface area contributed by atoms with Gasteiger partial charge in [-0.1, -0.05) is 0 Å². The minimum absolute atomic E-state index is 0.00198. The number of likely N-dealkylation sites (tertiary alicyclic amines) is 2. The zero-order valence-electron chi connectivity index (χ0n) is 25.2. The number of furan rings is 1. The van der Waals surface area contributed by atoms with Crippen LogP contribution < -0.4 is 15.4 Å². The lowest BCUT2D eigenvalue weighted by atomic mass is 10.1. The van der Waals surface area contributed by atoms with Gasteiger partial charge in [0.1, 0.15) is 22.9 Å². The maximum Gasteiger partial charge on any atom is 0.319 e. The van der Waals surface area contributed by atoms with E-state index in [0.29, 0.717) is 48.5 Å². The number of pyridine rings is 1. The Kier molecular flexibility index (Phi) is 9.12. The number of rotatable bonds is 6. The fourth-order valence-electron chi connectivity index (χ4n) is 5.42. The third-order valence-corrected chi connectivity index (χ3v) is 7.76. The van der Waals surface area contributed by atoms with Gasteiger partial charge in [-0.3, -0.25) is 24.5 Å². The summed E-state index contributed by atoms with van der Waals surface area (Å²) >= 11 is 0. The number of anilines is 1. The van der Waals surface area contributed by atoms with Gasteiger partial charge in [-0.25, -0.2) is 4.99 Å². The van der Waals surface area contributed by atoms with Crippen LogP contribution >= 0.6 is 0 Å². The number of carbonyl (C=O) groups is 4. The molecule has 2 N–H and O–H groups in total. The number of guanidine groups is 1. The highest BCUT2D eigenvalue weighted by atomic mass is 16.5. The molecule has 0 bridgehead atoms. The number of fused-ring (bicyclic) bond motifs is 1. The summed E-state index contributed by atoms with van der Waals surface area (Å²) in [5.74, 6) is -0.764. The van der Waals surface area contributed by atoms with E-state index in [0.717, 1.165) is 36.6 Å². The second-order valence-electron chi connectivity index (χ2n) is 11.4. The number of aromatic nitrogens is 1. The Morgan fingerprint density at radius 3 is 2.55 bits per heavy atom. The van der Waals surface area contributed by atoms with Gasteiger partial charge in [0.2, 0.25) is 17.8 Å². The summed E-state index contributed by atoms with van der Waals surface area (Å²) in [5.41, 5.74) is 1.15. The minimum atomic E-state index is -0.837. The largest absolute Gasteiger partial charge is 0.618 e. The summed E-state index contributed by atoms with van der Waals surface area (Å²) in [4.78, 5) is 61.4. The molecule has 2 aliphatic heterocycles. The topological polar surface area (TPSA) is 154 Å². The number of hydrogen-bond donors (Lipinski definition) is 2. The Morgan fingerprint density at radius 2 is 1.82 bits per heavy atom. The predicted molar refractivity (Wildman–Crippen MR) is 163 cm³/mol. The van der Waals surface area contributed by atoms with Crippen molar-refractivity contribution in [3.8, 4) is 0 Å². The molecule has 1 unspecified atom stereocenters. The minimum Gasteiger partial charge on any atom is -0.618 e. The van der Waals surface area contributed by atoms with Crippen molar-refractivity contribution < 1.29 is 28.3 Å². The number of benzene rings is 1. The second kappa shape index (κ2) is 13.1. The lowest BCUT2D eigenvalue weighted by Gasteiger charge is -2.25.